The number of nitrogens with one attached hydrogen (secondary N) is 1. The van der Waals surface area contributed by atoms with Crippen LogP contribution in [0.1, 0.15) is 60.3 Å². The Kier molecular flexibility index (Phi) is 6.31. The van der Waals surface area contributed by atoms with E-state index >= 15 is 0 Å². The lowest BCUT2D eigenvalue weighted by Crippen LogP contribution is -2.48. The molecule has 1 fully saturated rings. The Labute approximate surface area is 123 Å². The van der Waals surface area contributed by atoms with Crippen LogP contribution in [-0.2, 0) is 4.74 Å². The van der Waals surface area contributed by atoms with E-state index in [0.29, 0.717) is 12.5 Å². The van der Waals surface area contributed by atoms with E-state index in [0.717, 1.165) is 24.7 Å². The van der Waals surface area contributed by atoms with Gasteiger partial charge in [-0.1, -0.05) is 13.8 Å². The lowest BCUT2D eigenvalue weighted by atomic mass is 9.74. The first-order valence-electron chi connectivity index (χ1n) is 7.92. The number of carbonyl (C=O) groups excluding carboxylic acids is 1. The highest BCUT2D eigenvalue weighted by atomic mass is 16.6. The molecule has 1 aliphatic rings. The Bertz CT molecular complexity index is 302. The molecule has 0 heterocycles. The van der Waals surface area contributed by atoms with Crippen molar-refractivity contribution in [2.45, 2.75) is 71.9 Å². The zero-order chi connectivity index (χ0) is 15.3. The predicted molar refractivity (Wildman–Crippen MR) is 82.5 cm³/mol. The standard InChI is InChI=1S/C16H32N2O2/c1-11(2)12-6-8-13(9-7-12)14(10-17)18-15(19)20-16(3,4)5/h11-14H,6-10,17H2,1-5H3,(H,18,19). The summed E-state index contributed by atoms with van der Waals surface area (Å²) < 4.78 is 5.31. The van der Waals surface area contributed by atoms with Gasteiger partial charge in [0, 0.05) is 12.6 Å². The molecule has 0 saturated heterocycles. The van der Waals surface area contributed by atoms with Gasteiger partial charge < -0.3 is 15.8 Å². The molecule has 20 heavy (non-hydrogen) atoms. The topological polar surface area (TPSA) is 64.3 Å². The van der Waals surface area contributed by atoms with Crippen molar-refractivity contribution in [3.63, 3.8) is 0 Å². The molecule has 118 valence electrons. The molecule has 1 atom stereocenters. The zero-order valence-corrected chi connectivity index (χ0v) is 13.7. The highest BCUT2D eigenvalue weighted by molar-refractivity contribution is 5.68. The van der Waals surface area contributed by atoms with Crippen LogP contribution in [0.3, 0.4) is 0 Å². The molecule has 1 rings (SSSR count). The summed E-state index contributed by atoms with van der Waals surface area (Å²) in [7, 11) is 0. The maximum atomic E-state index is 11.9. The summed E-state index contributed by atoms with van der Waals surface area (Å²) in [5, 5.41) is 2.95. The summed E-state index contributed by atoms with van der Waals surface area (Å²) in [6, 6.07) is 0.0398. The molecule has 0 radical (unpaired) electrons. The van der Waals surface area contributed by atoms with Crippen molar-refractivity contribution in [1.82, 2.24) is 5.32 Å². The fourth-order valence-electron chi connectivity index (χ4n) is 3.04. The first-order valence-corrected chi connectivity index (χ1v) is 7.92. The number of nitrogens with two attached hydrogens (primary N) is 1. The Balaban J connectivity index is 2.45. The number of hydrogen-bond acceptors (Lipinski definition) is 3. The van der Waals surface area contributed by atoms with E-state index in [1.54, 1.807) is 0 Å². The molecule has 0 aromatic rings. The number of rotatable bonds is 4. The number of amides is 1. The Morgan fingerprint density at radius 1 is 1.20 bits per heavy atom. The van der Waals surface area contributed by atoms with Crippen LogP contribution in [0.5, 0.6) is 0 Å². The van der Waals surface area contributed by atoms with Gasteiger partial charge in [0.25, 0.3) is 0 Å². The lowest BCUT2D eigenvalue weighted by molar-refractivity contribution is 0.0473. The molecule has 4 heteroatoms. The third-order valence-electron chi connectivity index (χ3n) is 4.28. The number of hydrogen-bond donors (Lipinski definition) is 2. The second-order valence-electron chi connectivity index (χ2n) is 7.41. The van der Waals surface area contributed by atoms with Gasteiger partial charge in [-0.25, -0.2) is 4.79 Å². The van der Waals surface area contributed by atoms with E-state index < -0.39 is 5.60 Å². The smallest absolute Gasteiger partial charge is 0.407 e. The van der Waals surface area contributed by atoms with Gasteiger partial charge in [0.05, 0.1) is 0 Å². The number of carbonyl (C=O) groups is 1. The van der Waals surface area contributed by atoms with Gasteiger partial charge in [0.1, 0.15) is 5.60 Å². The van der Waals surface area contributed by atoms with Crippen molar-refractivity contribution in [1.29, 1.82) is 0 Å². The van der Waals surface area contributed by atoms with Gasteiger partial charge in [0.15, 0.2) is 0 Å². The van der Waals surface area contributed by atoms with Gasteiger partial charge in [-0.05, 0) is 64.2 Å². The van der Waals surface area contributed by atoms with E-state index in [-0.39, 0.29) is 12.1 Å². The molecular formula is C16H32N2O2. The second kappa shape index (κ2) is 7.30. The first-order chi connectivity index (χ1) is 9.23. The van der Waals surface area contributed by atoms with E-state index in [1.807, 2.05) is 20.8 Å². The fourth-order valence-corrected chi connectivity index (χ4v) is 3.04. The van der Waals surface area contributed by atoms with Gasteiger partial charge in [-0.15, -0.1) is 0 Å². The fraction of sp³-hybridized carbons (Fsp3) is 0.938. The van der Waals surface area contributed by atoms with Crippen LogP contribution in [0.25, 0.3) is 0 Å². The molecular weight excluding hydrogens is 252 g/mol. The highest BCUT2D eigenvalue weighted by Gasteiger charge is 2.30. The summed E-state index contributed by atoms with van der Waals surface area (Å²) in [5.41, 5.74) is 5.38. The summed E-state index contributed by atoms with van der Waals surface area (Å²) in [6.45, 7) is 10.7. The largest absolute Gasteiger partial charge is 0.444 e. The van der Waals surface area contributed by atoms with Crippen LogP contribution < -0.4 is 11.1 Å². The molecule has 0 bridgehead atoms. The molecule has 0 aliphatic heterocycles. The van der Waals surface area contributed by atoms with Crippen LogP contribution in [0.2, 0.25) is 0 Å². The molecule has 4 nitrogen and oxygen atoms in total. The highest BCUT2D eigenvalue weighted by Crippen LogP contribution is 2.34. The number of alkyl carbamates (subject to hydrolysis) is 1. The third kappa shape index (κ3) is 5.70. The van der Waals surface area contributed by atoms with Crippen LogP contribution in [0, 0.1) is 17.8 Å². The molecule has 1 aliphatic carbocycles. The van der Waals surface area contributed by atoms with Crippen molar-refractivity contribution in [3.05, 3.63) is 0 Å². The molecule has 1 unspecified atom stereocenters. The SMILES string of the molecule is CC(C)C1CCC(C(CN)NC(=O)OC(C)(C)C)CC1. The zero-order valence-electron chi connectivity index (χ0n) is 13.7. The van der Waals surface area contributed by atoms with Gasteiger partial charge in [-0.2, -0.15) is 0 Å². The third-order valence-corrected chi connectivity index (χ3v) is 4.28. The van der Waals surface area contributed by atoms with Crippen LogP contribution in [0.15, 0.2) is 0 Å². The predicted octanol–water partition coefficient (Wildman–Crippen LogP) is 3.30. The maximum absolute atomic E-state index is 11.9. The number of ether oxygens (including phenoxy) is 1. The van der Waals surface area contributed by atoms with Gasteiger partial charge in [0.2, 0.25) is 0 Å². The molecule has 1 amide bonds. The molecule has 3 N–H and O–H groups in total. The average molecular weight is 284 g/mol. The Morgan fingerprint density at radius 2 is 1.70 bits per heavy atom. The minimum Gasteiger partial charge on any atom is -0.444 e. The summed E-state index contributed by atoms with van der Waals surface area (Å²) >= 11 is 0. The summed E-state index contributed by atoms with van der Waals surface area (Å²) in [5.74, 6) is 2.07. The van der Waals surface area contributed by atoms with Crippen molar-refractivity contribution >= 4 is 6.09 Å². The minimum absolute atomic E-state index is 0.0398. The minimum atomic E-state index is -0.460. The van der Waals surface area contributed by atoms with E-state index in [2.05, 4.69) is 19.2 Å². The first kappa shape index (κ1) is 17.3. The van der Waals surface area contributed by atoms with Crippen molar-refractivity contribution < 1.29 is 9.53 Å². The lowest BCUT2D eigenvalue weighted by Gasteiger charge is -2.35. The Morgan fingerprint density at radius 3 is 2.10 bits per heavy atom. The van der Waals surface area contributed by atoms with E-state index in [4.69, 9.17) is 10.5 Å². The van der Waals surface area contributed by atoms with E-state index in [9.17, 15) is 4.79 Å². The molecule has 1 saturated carbocycles. The van der Waals surface area contributed by atoms with Crippen molar-refractivity contribution in [2.75, 3.05) is 6.54 Å². The second-order valence-corrected chi connectivity index (χ2v) is 7.41. The molecule has 0 aromatic heterocycles. The quantitative estimate of drug-likeness (QED) is 0.832. The van der Waals surface area contributed by atoms with Gasteiger partial charge in [-0.3, -0.25) is 0 Å². The molecule has 0 spiro atoms. The summed E-state index contributed by atoms with van der Waals surface area (Å²) in [4.78, 5) is 11.9. The summed E-state index contributed by atoms with van der Waals surface area (Å²) in [6.07, 6.45) is 4.45. The van der Waals surface area contributed by atoms with E-state index in [1.165, 1.54) is 12.8 Å². The van der Waals surface area contributed by atoms with Crippen molar-refractivity contribution in [3.8, 4) is 0 Å². The monoisotopic (exact) mass is 284 g/mol. The van der Waals surface area contributed by atoms with Crippen LogP contribution >= 0.6 is 0 Å². The molecule has 0 aromatic carbocycles. The average Bonchev–Trinajstić information content (AvgIpc) is 2.34. The van der Waals surface area contributed by atoms with Crippen LogP contribution in [0.4, 0.5) is 4.79 Å². The van der Waals surface area contributed by atoms with Crippen molar-refractivity contribution in [2.24, 2.45) is 23.5 Å². The maximum Gasteiger partial charge on any atom is 0.407 e. The Hall–Kier alpha value is -0.770. The van der Waals surface area contributed by atoms with Crippen LogP contribution in [-0.4, -0.2) is 24.3 Å². The van der Waals surface area contributed by atoms with Gasteiger partial charge >= 0.3 is 6.09 Å². The normalized spacial score (nSPS) is 25.4.